The van der Waals surface area contributed by atoms with Crippen molar-refractivity contribution < 1.29 is 5.11 Å². The second kappa shape index (κ2) is 7.46. The van der Waals surface area contributed by atoms with Gasteiger partial charge >= 0.3 is 0 Å². The molecule has 2 saturated heterocycles. The van der Waals surface area contributed by atoms with Crippen LogP contribution in [-0.4, -0.2) is 60.3 Å². The number of hydrogen-bond donors (Lipinski definition) is 1. The van der Waals surface area contributed by atoms with Crippen LogP contribution in [0.1, 0.15) is 51.4 Å². The molecule has 0 radical (unpaired) electrons. The van der Waals surface area contributed by atoms with Crippen LogP contribution in [0.15, 0.2) is 0 Å². The van der Waals surface area contributed by atoms with Crippen molar-refractivity contribution in [3.05, 3.63) is 0 Å². The molecule has 0 aromatic carbocycles. The predicted octanol–water partition coefficient (Wildman–Crippen LogP) is 2.10. The van der Waals surface area contributed by atoms with Crippen molar-refractivity contribution in [2.75, 3.05) is 33.3 Å². The number of aliphatic hydroxyl groups excluding tert-OH is 1. The van der Waals surface area contributed by atoms with Gasteiger partial charge in [0.15, 0.2) is 0 Å². The minimum atomic E-state index is 0.357. The molecule has 1 N–H and O–H groups in total. The molecule has 3 nitrogen and oxygen atoms in total. The summed E-state index contributed by atoms with van der Waals surface area (Å²) in [7, 11) is 2.29. The van der Waals surface area contributed by atoms with E-state index in [4.69, 9.17) is 5.11 Å². The molecule has 18 heavy (non-hydrogen) atoms. The Kier molecular flexibility index (Phi) is 5.93. The van der Waals surface area contributed by atoms with Crippen LogP contribution in [0.5, 0.6) is 0 Å². The molecule has 2 fully saturated rings. The van der Waals surface area contributed by atoms with E-state index in [1.54, 1.807) is 0 Å². The average Bonchev–Trinajstić information content (AvgIpc) is 2.83. The minimum absolute atomic E-state index is 0.357. The fourth-order valence-electron chi connectivity index (χ4n) is 3.67. The first-order chi connectivity index (χ1) is 8.81. The van der Waals surface area contributed by atoms with E-state index in [9.17, 15) is 0 Å². The van der Waals surface area contributed by atoms with E-state index in [2.05, 4.69) is 16.8 Å². The Balaban J connectivity index is 1.71. The highest BCUT2D eigenvalue weighted by Gasteiger charge is 2.25. The van der Waals surface area contributed by atoms with Gasteiger partial charge in [0.25, 0.3) is 0 Å². The number of hydrogen-bond acceptors (Lipinski definition) is 3. The van der Waals surface area contributed by atoms with E-state index in [0.29, 0.717) is 6.61 Å². The average molecular weight is 254 g/mol. The van der Waals surface area contributed by atoms with Gasteiger partial charge in [-0.3, -0.25) is 0 Å². The number of nitrogens with zero attached hydrogens (tertiary/aromatic N) is 2. The van der Waals surface area contributed by atoms with Crippen LogP contribution in [0.2, 0.25) is 0 Å². The zero-order chi connectivity index (χ0) is 12.8. The lowest BCUT2D eigenvalue weighted by Gasteiger charge is -2.34. The number of rotatable bonds is 6. The minimum Gasteiger partial charge on any atom is -0.396 e. The fourth-order valence-corrected chi connectivity index (χ4v) is 3.67. The van der Waals surface area contributed by atoms with Crippen molar-refractivity contribution in [1.82, 2.24) is 9.80 Å². The summed E-state index contributed by atoms with van der Waals surface area (Å²) in [6.07, 6.45) is 10.4. The molecule has 2 aliphatic rings. The van der Waals surface area contributed by atoms with E-state index in [1.807, 2.05) is 0 Å². The molecule has 0 aromatic heterocycles. The van der Waals surface area contributed by atoms with Gasteiger partial charge < -0.3 is 14.9 Å². The van der Waals surface area contributed by atoms with Crippen molar-refractivity contribution in [2.45, 2.75) is 63.5 Å². The van der Waals surface area contributed by atoms with Gasteiger partial charge in [0.2, 0.25) is 0 Å². The molecule has 0 aromatic rings. The van der Waals surface area contributed by atoms with Gasteiger partial charge in [-0.15, -0.1) is 0 Å². The van der Waals surface area contributed by atoms with Crippen LogP contribution in [0, 0.1) is 0 Å². The maximum Gasteiger partial charge on any atom is 0.0431 e. The largest absolute Gasteiger partial charge is 0.396 e. The Hall–Kier alpha value is -0.120. The van der Waals surface area contributed by atoms with Crippen LogP contribution in [0.25, 0.3) is 0 Å². The van der Waals surface area contributed by atoms with Gasteiger partial charge in [-0.05, 0) is 71.6 Å². The maximum absolute atomic E-state index is 8.96. The van der Waals surface area contributed by atoms with Crippen molar-refractivity contribution >= 4 is 0 Å². The zero-order valence-electron chi connectivity index (χ0n) is 12.0. The maximum atomic E-state index is 8.96. The highest BCUT2D eigenvalue weighted by atomic mass is 16.2. The molecule has 0 amide bonds. The summed E-state index contributed by atoms with van der Waals surface area (Å²) >= 11 is 0. The first kappa shape index (κ1) is 14.3. The van der Waals surface area contributed by atoms with Gasteiger partial charge in [-0.2, -0.15) is 0 Å². The lowest BCUT2D eigenvalue weighted by molar-refractivity contribution is 0.145. The summed E-state index contributed by atoms with van der Waals surface area (Å²) in [5, 5.41) is 8.96. The molecule has 2 aliphatic heterocycles. The van der Waals surface area contributed by atoms with E-state index < -0.39 is 0 Å². The van der Waals surface area contributed by atoms with Crippen molar-refractivity contribution in [1.29, 1.82) is 0 Å². The lowest BCUT2D eigenvalue weighted by Crippen LogP contribution is -2.40. The molecule has 2 unspecified atom stereocenters. The second-order valence-corrected chi connectivity index (χ2v) is 6.12. The molecule has 2 rings (SSSR count). The zero-order valence-corrected chi connectivity index (χ0v) is 12.0. The number of aliphatic hydroxyl groups is 1. The lowest BCUT2D eigenvalue weighted by atomic mass is 9.99. The summed E-state index contributed by atoms with van der Waals surface area (Å²) in [4.78, 5) is 5.24. The quantitative estimate of drug-likeness (QED) is 0.786. The van der Waals surface area contributed by atoms with Crippen LogP contribution < -0.4 is 0 Å². The summed E-state index contributed by atoms with van der Waals surface area (Å²) in [6, 6.07) is 1.57. The van der Waals surface area contributed by atoms with Crippen LogP contribution in [0.4, 0.5) is 0 Å². The van der Waals surface area contributed by atoms with Gasteiger partial charge in [0, 0.05) is 18.7 Å². The second-order valence-electron chi connectivity index (χ2n) is 6.12. The predicted molar refractivity (Wildman–Crippen MR) is 75.8 cm³/mol. The molecule has 0 saturated carbocycles. The SMILES string of the molecule is CN1CCCCC1CCN1CCCC1CCCO. The summed E-state index contributed by atoms with van der Waals surface area (Å²) < 4.78 is 0. The Morgan fingerprint density at radius 1 is 1.00 bits per heavy atom. The molecule has 106 valence electrons. The molecule has 0 bridgehead atoms. The van der Waals surface area contributed by atoms with E-state index in [-0.39, 0.29) is 0 Å². The number of likely N-dealkylation sites (tertiary alicyclic amines) is 2. The monoisotopic (exact) mass is 254 g/mol. The first-order valence-electron chi connectivity index (χ1n) is 7.86. The Morgan fingerprint density at radius 3 is 2.61 bits per heavy atom. The van der Waals surface area contributed by atoms with E-state index in [0.717, 1.165) is 18.5 Å². The van der Waals surface area contributed by atoms with Crippen LogP contribution in [-0.2, 0) is 0 Å². The Morgan fingerprint density at radius 2 is 1.83 bits per heavy atom. The Bertz CT molecular complexity index is 235. The molecule has 0 aliphatic carbocycles. The van der Waals surface area contributed by atoms with Gasteiger partial charge in [-0.1, -0.05) is 6.42 Å². The third-order valence-corrected chi connectivity index (χ3v) is 4.87. The topological polar surface area (TPSA) is 26.7 Å². The molecule has 3 heteroatoms. The fraction of sp³-hybridized carbons (Fsp3) is 1.00. The number of piperidine rings is 1. The first-order valence-corrected chi connectivity index (χ1v) is 7.86. The molecular weight excluding hydrogens is 224 g/mol. The molecule has 2 heterocycles. The summed E-state index contributed by atoms with van der Waals surface area (Å²) in [5.74, 6) is 0. The van der Waals surface area contributed by atoms with Crippen molar-refractivity contribution in [3.8, 4) is 0 Å². The third-order valence-electron chi connectivity index (χ3n) is 4.87. The van der Waals surface area contributed by atoms with Crippen LogP contribution >= 0.6 is 0 Å². The Labute approximate surface area is 112 Å². The third kappa shape index (κ3) is 3.94. The van der Waals surface area contributed by atoms with Crippen molar-refractivity contribution in [3.63, 3.8) is 0 Å². The summed E-state index contributed by atoms with van der Waals surface area (Å²) in [5.41, 5.74) is 0. The molecular formula is C15H30N2O. The summed E-state index contributed by atoms with van der Waals surface area (Å²) in [6.45, 7) is 4.20. The van der Waals surface area contributed by atoms with Gasteiger partial charge in [0.1, 0.15) is 0 Å². The van der Waals surface area contributed by atoms with E-state index >= 15 is 0 Å². The molecule has 2 atom stereocenters. The van der Waals surface area contributed by atoms with E-state index in [1.165, 1.54) is 64.6 Å². The smallest absolute Gasteiger partial charge is 0.0431 e. The highest BCUT2D eigenvalue weighted by Crippen LogP contribution is 2.24. The van der Waals surface area contributed by atoms with Crippen LogP contribution in [0.3, 0.4) is 0 Å². The van der Waals surface area contributed by atoms with Gasteiger partial charge in [-0.25, -0.2) is 0 Å². The molecule has 0 spiro atoms. The normalized spacial score (nSPS) is 31.0. The standard InChI is InChI=1S/C15H30N2O/c1-16-10-3-2-6-14(16)9-12-17-11-4-7-15(17)8-5-13-18/h14-15,18H,2-13H2,1H3. The van der Waals surface area contributed by atoms with Gasteiger partial charge in [0.05, 0.1) is 0 Å². The van der Waals surface area contributed by atoms with Crippen molar-refractivity contribution in [2.24, 2.45) is 0 Å². The highest BCUT2D eigenvalue weighted by molar-refractivity contribution is 4.82.